The maximum Gasteiger partial charge on any atom is 0.336 e. The van der Waals surface area contributed by atoms with Gasteiger partial charge in [-0.3, -0.25) is 17.2 Å². The summed E-state index contributed by atoms with van der Waals surface area (Å²) < 4.78 is 17.2. The number of hydrogen-bond donors (Lipinski definition) is 6. The average molecular weight is 387 g/mol. The normalized spacial score (nSPS) is 42.2. The van der Waals surface area contributed by atoms with Crippen molar-refractivity contribution < 1.29 is 14.2 Å². The van der Waals surface area contributed by atoms with Gasteiger partial charge < -0.3 is 31.4 Å². The standard InChI is InChI=1S/C12H21N9O6/c13-4-10(16,25-4)1-19-7(22)20(2-11(17)5(14)26-11)9(24)21(8(19)23)3-12(18)6(15)27-12/h4-6H,1-3,13-18H2. The van der Waals surface area contributed by atoms with Crippen LogP contribution in [-0.4, -0.2) is 49.6 Å². The van der Waals surface area contributed by atoms with Crippen LogP contribution >= 0.6 is 0 Å². The van der Waals surface area contributed by atoms with E-state index < -0.39 is 52.9 Å². The molecule has 4 rings (SSSR count). The van der Waals surface area contributed by atoms with Crippen molar-refractivity contribution in [2.45, 2.75) is 55.5 Å². The van der Waals surface area contributed by atoms with Crippen molar-refractivity contribution in [2.75, 3.05) is 0 Å². The summed E-state index contributed by atoms with van der Waals surface area (Å²) in [5.74, 6) is 0. The molecule has 3 aliphatic heterocycles. The van der Waals surface area contributed by atoms with Crippen LogP contribution in [0.15, 0.2) is 14.4 Å². The maximum atomic E-state index is 12.8. The molecule has 0 aromatic carbocycles. The van der Waals surface area contributed by atoms with Crippen molar-refractivity contribution in [1.82, 2.24) is 13.7 Å². The Kier molecular flexibility index (Phi) is 3.62. The van der Waals surface area contributed by atoms with Gasteiger partial charge in [0.15, 0.2) is 35.9 Å². The Hall–Kier alpha value is -1.95. The van der Waals surface area contributed by atoms with Gasteiger partial charge in [0.25, 0.3) is 0 Å². The van der Waals surface area contributed by atoms with E-state index in [0.29, 0.717) is 13.7 Å². The van der Waals surface area contributed by atoms with Gasteiger partial charge in [-0.05, 0) is 0 Å². The van der Waals surface area contributed by atoms with E-state index in [1.807, 2.05) is 0 Å². The van der Waals surface area contributed by atoms with E-state index in [0.717, 1.165) is 0 Å². The fourth-order valence-corrected chi connectivity index (χ4v) is 2.82. The first kappa shape index (κ1) is 18.4. The van der Waals surface area contributed by atoms with E-state index in [4.69, 9.17) is 48.6 Å². The number of ether oxygens (including phenoxy) is 3. The second-order valence-corrected chi connectivity index (χ2v) is 7.09. The molecule has 1 aromatic heterocycles. The van der Waals surface area contributed by atoms with Crippen molar-refractivity contribution in [3.8, 4) is 0 Å². The van der Waals surface area contributed by atoms with Crippen LogP contribution in [0.1, 0.15) is 0 Å². The summed E-state index contributed by atoms with van der Waals surface area (Å²) in [6.45, 7) is -1.16. The minimum atomic E-state index is -1.41. The molecule has 27 heavy (non-hydrogen) atoms. The molecular weight excluding hydrogens is 366 g/mol. The third kappa shape index (κ3) is 2.85. The van der Waals surface area contributed by atoms with E-state index in [-0.39, 0.29) is 19.6 Å². The Bertz CT molecular complexity index is 833. The Labute approximate surface area is 150 Å². The molecule has 6 atom stereocenters. The van der Waals surface area contributed by atoms with E-state index in [1.165, 1.54) is 0 Å². The molecule has 15 nitrogen and oxygen atoms in total. The van der Waals surface area contributed by atoms with Crippen LogP contribution in [0.25, 0.3) is 0 Å². The zero-order chi connectivity index (χ0) is 19.9. The van der Waals surface area contributed by atoms with Crippen LogP contribution < -0.4 is 51.5 Å². The SMILES string of the molecule is NC1OC1(N)Cn1c(=O)n(CC2(N)OC2N)c(=O)n(CC2(N)OC2N)c1=O. The molecule has 3 fully saturated rings. The second kappa shape index (κ2) is 5.31. The van der Waals surface area contributed by atoms with Gasteiger partial charge in [0.1, 0.15) is 0 Å². The molecular formula is C12H21N9O6. The highest BCUT2D eigenvalue weighted by Crippen LogP contribution is 2.29. The number of nitrogens with two attached hydrogens (primary N) is 6. The molecule has 0 radical (unpaired) electrons. The fraction of sp³-hybridized carbons (Fsp3) is 0.750. The van der Waals surface area contributed by atoms with Gasteiger partial charge >= 0.3 is 17.1 Å². The Morgan fingerprint density at radius 1 is 0.630 bits per heavy atom. The second-order valence-electron chi connectivity index (χ2n) is 7.09. The molecule has 0 saturated carbocycles. The monoisotopic (exact) mass is 387 g/mol. The van der Waals surface area contributed by atoms with E-state index in [9.17, 15) is 14.4 Å². The highest BCUT2D eigenvalue weighted by Gasteiger charge is 2.55. The van der Waals surface area contributed by atoms with Crippen LogP contribution in [0.4, 0.5) is 0 Å². The summed E-state index contributed by atoms with van der Waals surface area (Å²) in [4.78, 5) is 38.3. The fourth-order valence-electron chi connectivity index (χ4n) is 2.82. The molecule has 6 unspecified atom stereocenters. The van der Waals surface area contributed by atoms with Gasteiger partial charge in [0, 0.05) is 0 Å². The minimum Gasteiger partial charge on any atom is -0.332 e. The summed E-state index contributed by atoms with van der Waals surface area (Å²) in [5, 5.41) is 0. The summed E-state index contributed by atoms with van der Waals surface area (Å²) in [6, 6.07) is 0. The molecule has 3 aliphatic rings. The first-order valence-corrected chi connectivity index (χ1v) is 8.01. The largest absolute Gasteiger partial charge is 0.336 e. The van der Waals surface area contributed by atoms with Crippen molar-refractivity contribution in [3.63, 3.8) is 0 Å². The number of epoxide rings is 3. The molecule has 1 aromatic rings. The van der Waals surface area contributed by atoms with E-state index in [2.05, 4.69) is 0 Å². The first-order chi connectivity index (χ1) is 12.4. The predicted octanol–water partition coefficient (Wildman–Crippen LogP) is -6.92. The topological polar surface area (TPSA) is 260 Å². The average Bonchev–Trinajstić information content (AvgIpc) is 3.49. The van der Waals surface area contributed by atoms with Gasteiger partial charge in [-0.1, -0.05) is 0 Å². The van der Waals surface area contributed by atoms with Crippen LogP contribution in [0.3, 0.4) is 0 Å². The summed E-state index contributed by atoms with van der Waals surface area (Å²) in [7, 11) is 0. The number of rotatable bonds is 6. The third-order valence-electron chi connectivity index (χ3n) is 4.91. The van der Waals surface area contributed by atoms with Crippen molar-refractivity contribution in [3.05, 3.63) is 31.5 Å². The Balaban J connectivity index is 1.81. The van der Waals surface area contributed by atoms with E-state index in [1.54, 1.807) is 0 Å². The Morgan fingerprint density at radius 2 is 0.815 bits per heavy atom. The van der Waals surface area contributed by atoms with E-state index >= 15 is 0 Å². The number of nitrogens with zero attached hydrogens (tertiary/aromatic N) is 3. The van der Waals surface area contributed by atoms with Gasteiger partial charge in [-0.25, -0.2) is 28.1 Å². The van der Waals surface area contributed by atoms with Crippen LogP contribution in [0.2, 0.25) is 0 Å². The minimum absolute atomic E-state index is 0.388. The first-order valence-electron chi connectivity index (χ1n) is 8.01. The lowest BCUT2D eigenvalue weighted by molar-refractivity contribution is 0.233. The molecule has 15 heteroatoms. The molecule has 12 N–H and O–H groups in total. The highest BCUT2D eigenvalue weighted by molar-refractivity contribution is 4.99. The van der Waals surface area contributed by atoms with Crippen molar-refractivity contribution in [1.29, 1.82) is 0 Å². The van der Waals surface area contributed by atoms with Crippen LogP contribution in [0.5, 0.6) is 0 Å². The van der Waals surface area contributed by atoms with Gasteiger partial charge in [-0.2, -0.15) is 0 Å². The van der Waals surface area contributed by atoms with Crippen molar-refractivity contribution in [2.24, 2.45) is 34.4 Å². The maximum absolute atomic E-state index is 12.8. The lowest BCUT2D eigenvalue weighted by atomic mass is 10.3. The summed E-state index contributed by atoms with van der Waals surface area (Å²) >= 11 is 0. The molecule has 0 aliphatic carbocycles. The lowest BCUT2D eigenvalue weighted by Gasteiger charge is -2.17. The van der Waals surface area contributed by atoms with Gasteiger partial charge in [0.2, 0.25) is 0 Å². The quantitative estimate of drug-likeness (QED) is 0.249. The number of aromatic nitrogens is 3. The van der Waals surface area contributed by atoms with Gasteiger partial charge in [-0.15, -0.1) is 0 Å². The molecule has 150 valence electrons. The van der Waals surface area contributed by atoms with Crippen LogP contribution in [0, 0.1) is 0 Å². The van der Waals surface area contributed by atoms with Crippen molar-refractivity contribution >= 4 is 0 Å². The zero-order valence-electron chi connectivity index (χ0n) is 14.1. The van der Waals surface area contributed by atoms with Gasteiger partial charge in [0.05, 0.1) is 19.6 Å². The zero-order valence-corrected chi connectivity index (χ0v) is 14.1. The predicted molar refractivity (Wildman–Crippen MR) is 87.2 cm³/mol. The lowest BCUT2D eigenvalue weighted by Crippen LogP contribution is -2.60. The smallest absolute Gasteiger partial charge is 0.332 e. The summed E-state index contributed by atoms with van der Waals surface area (Å²) in [5.41, 5.74) is 27.1. The summed E-state index contributed by atoms with van der Waals surface area (Å²) in [6.07, 6.45) is -2.58. The Morgan fingerprint density at radius 3 is 0.963 bits per heavy atom. The molecule has 0 amide bonds. The molecule has 4 heterocycles. The third-order valence-corrected chi connectivity index (χ3v) is 4.91. The molecule has 3 saturated heterocycles. The molecule has 0 spiro atoms. The molecule has 0 bridgehead atoms. The number of hydrogen-bond acceptors (Lipinski definition) is 12. The van der Waals surface area contributed by atoms with Crippen LogP contribution in [-0.2, 0) is 33.8 Å². The highest BCUT2D eigenvalue weighted by atomic mass is 16.6.